The minimum atomic E-state index is 0.669. The van der Waals surface area contributed by atoms with Crippen LogP contribution in [0.4, 0.5) is 5.69 Å². The smallest absolute Gasteiger partial charge is 0.150 e. The molecule has 0 bridgehead atoms. The Morgan fingerprint density at radius 3 is 2.75 bits per heavy atom. The maximum atomic E-state index is 10.8. The lowest BCUT2D eigenvalue weighted by Crippen LogP contribution is -2.36. The van der Waals surface area contributed by atoms with E-state index in [9.17, 15) is 4.79 Å². The van der Waals surface area contributed by atoms with Crippen molar-refractivity contribution in [3.05, 3.63) is 23.8 Å². The number of benzene rings is 1. The molecule has 1 saturated heterocycles. The summed E-state index contributed by atoms with van der Waals surface area (Å²) in [4.78, 5) is 12.9. The highest BCUT2D eigenvalue weighted by Gasteiger charge is 2.15. The van der Waals surface area contributed by atoms with Crippen LogP contribution in [0, 0.1) is 0 Å². The van der Waals surface area contributed by atoms with E-state index in [4.69, 9.17) is 9.47 Å². The zero-order chi connectivity index (χ0) is 11.4. The van der Waals surface area contributed by atoms with Gasteiger partial charge in [0.25, 0.3) is 0 Å². The fraction of sp³-hybridized carbons (Fsp3) is 0.417. The van der Waals surface area contributed by atoms with Crippen LogP contribution in [0.2, 0.25) is 0 Å². The average molecular weight is 221 g/mol. The topological polar surface area (TPSA) is 38.8 Å². The van der Waals surface area contributed by atoms with Crippen molar-refractivity contribution in [1.29, 1.82) is 0 Å². The minimum Gasteiger partial charge on any atom is -0.495 e. The first kappa shape index (κ1) is 11.0. The van der Waals surface area contributed by atoms with E-state index in [1.54, 1.807) is 13.2 Å². The third-order valence-electron chi connectivity index (χ3n) is 2.69. The van der Waals surface area contributed by atoms with Crippen LogP contribution in [-0.4, -0.2) is 39.7 Å². The Bertz CT molecular complexity index is 373. The van der Waals surface area contributed by atoms with E-state index in [2.05, 4.69) is 4.90 Å². The van der Waals surface area contributed by atoms with E-state index in [-0.39, 0.29) is 0 Å². The Morgan fingerprint density at radius 1 is 1.38 bits per heavy atom. The molecule has 1 heterocycles. The molecule has 16 heavy (non-hydrogen) atoms. The maximum Gasteiger partial charge on any atom is 0.150 e. The van der Waals surface area contributed by atoms with Crippen LogP contribution in [0.5, 0.6) is 5.75 Å². The Labute approximate surface area is 94.8 Å². The summed E-state index contributed by atoms with van der Waals surface area (Å²) in [6.45, 7) is 3.10. The molecule has 0 aliphatic carbocycles. The molecule has 1 aromatic carbocycles. The molecule has 86 valence electrons. The number of ether oxygens (including phenoxy) is 2. The molecule has 1 aliphatic heterocycles. The molecule has 1 aliphatic rings. The van der Waals surface area contributed by atoms with Gasteiger partial charge in [-0.2, -0.15) is 0 Å². The van der Waals surface area contributed by atoms with Gasteiger partial charge in [0, 0.05) is 18.7 Å². The third-order valence-corrected chi connectivity index (χ3v) is 2.69. The predicted molar refractivity (Wildman–Crippen MR) is 61.4 cm³/mol. The van der Waals surface area contributed by atoms with Crippen molar-refractivity contribution >= 4 is 12.0 Å². The number of rotatable bonds is 3. The zero-order valence-electron chi connectivity index (χ0n) is 9.31. The number of carbonyl (C=O) groups is 1. The molecular formula is C12H15NO3. The molecule has 2 rings (SSSR count). The summed E-state index contributed by atoms with van der Waals surface area (Å²) >= 11 is 0. The first-order valence-electron chi connectivity index (χ1n) is 5.31. The fourth-order valence-electron chi connectivity index (χ4n) is 1.83. The normalized spacial score (nSPS) is 15.9. The van der Waals surface area contributed by atoms with Gasteiger partial charge in [0.1, 0.15) is 12.0 Å². The monoisotopic (exact) mass is 221 g/mol. The van der Waals surface area contributed by atoms with Crippen molar-refractivity contribution in [1.82, 2.24) is 0 Å². The quantitative estimate of drug-likeness (QED) is 0.722. The van der Waals surface area contributed by atoms with Crippen molar-refractivity contribution in [2.24, 2.45) is 0 Å². The molecule has 1 aromatic rings. The lowest BCUT2D eigenvalue weighted by molar-refractivity contribution is 0.112. The van der Waals surface area contributed by atoms with Crippen molar-refractivity contribution < 1.29 is 14.3 Å². The van der Waals surface area contributed by atoms with Crippen LogP contribution in [-0.2, 0) is 4.74 Å². The first-order valence-corrected chi connectivity index (χ1v) is 5.31. The van der Waals surface area contributed by atoms with Gasteiger partial charge in [0.2, 0.25) is 0 Å². The van der Waals surface area contributed by atoms with Gasteiger partial charge < -0.3 is 14.4 Å². The molecule has 4 heteroatoms. The molecular weight excluding hydrogens is 206 g/mol. The van der Waals surface area contributed by atoms with Crippen LogP contribution in [0.25, 0.3) is 0 Å². The van der Waals surface area contributed by atoms with E-state index in [0.717, 1.165) is 30.8 Å². The minimum absolute atomic E-state index is 0.669. The third kappa shape index (κ3) is 2.17. The molecule has 0 spiro atoms. The molecule has 0 saturated carbocycles. The lowest BCUT2D eigenvalue weighted by atomic mass is 10.2. The zero-order valence-corrected chi connectivity index (χ0v) is 9.31. The van der Waals surface area contributed by atoms with Gasteiger partial charge in [-0.3, -0.25) is 4.79 Å². The number of morpholine rings is 1. The van der Waals surface area contributed by atoms with E-state index in [1.165, 1.54) is 0 Å². The van der Waals surface area contributed by atoms with Gasteiger partial charge in [-0.1, -0.05) is 0 Å². The molecule has 0 N–H and O–H groups in total. The van der Waals surface area contributed by atoms with Gasteiger partial charge in [-0.25, -0.2) is 0 Å². The predicted octanol–water partition coefficient (Wildman–Crippen LogP) is 1.34. The Balaban J connectivity index is 2.31. The van der Waals surface area contributed by atoms with Crippen molar-refractivity contribution in [3.63, 3.8) is 0 Å². The molecule has 0 unspecified atom stereocenters. The molecule has 0 amide bonds. The highest BCUT2D eigenvalue weighted by atomic mass is 16.5. The van der Waals surface area contributed by atoms with Crippen LogP contribution in [0.1, 0.15) is 10.4 Å². The van der Waals surface area contributed by atoms with Crippen LogP contribution >= 0.6 is 0 Å². The summed E-state index contributed by atoms with van der Waals surface area (Å²) in [7, 11) is 1.64. The van der Waals surface area contributed by atoms with E-state index in [1.807, 2.05) is 12.1 Å². The van der Waals surface area contributed by atoms with Crippen molar-refractivity contribution in [2.45, 2.75) is 0 Å². The van der Waals surface area contributed by atoms with Gasteiger partial charge in [-0.05, 0) is 18.2 Å². The second kappa shape index (κ2) is 4.99. The highest BCUT2D eigenvalue weighted by Crippen LogP contribution is 2.29. The second-order valence-electron chi connectivity index (χ2n) is 3.65. The van der Waals surface area contributed by atoms with Gasteiger partial charge in [0.05, 0.1) is 26.0 Å². The van der Waals surface area contributed by atoms with Crippen LogP contribution in [0.3, 0.4) is 0 Å². The fourth-order valence-corrected chi connectivity index (χ4v) is 1.83. The van der Waals surface area contributed by atoms with E-state index < -0.39 is 0 Å². The van der Waals surface area contributed by atoms with Crippen LogP contribution < -0.4 is 9.64 Å². The average Bonchev–Trinajstić information content (AvgIpc) is 2.39. The van der Waals surface area contributed by atoms with Crippen LogP contribution in [0.15, 0.2) is 18.2 Å². The number of methoxy groups -OCH3 is 1. The molecule has 1 fully saturated rings. The summed E-state index contributed by atoms with van der Waals surface area (Å²) < 4.78 is 10.6. The summed E-state index contributed by atoms with van der Waals surface area (Å²) in [5, 5.41) is 0. The maximum absolute atomic E-state index is 10.8. The van der Waals surface area contributed by atoms with Gasteiger partial charge >= 0.3 is 0 Å². The number of nitrogens with zero attached hydrogens (tertiary/aromatic N) is 1. The summed E-state index contributed by atoms with van der Waals surface area (Å²) in [6.07, 6.45) is 0.851. The Morgan fingerprint density at radius 2 is 2.12 bits per heavy atom. The Kier molecular flexibility index (Phi) is 3.41. The highest BCUT2D eigenvalue weighted by molar-refractivity contribution is 5.79. The van der Waals surface area contributed by atoms with Gasteiger partial charge in [0.15, 0.2) is 0 Å². The number of hydrogen-bond donors (Lipinski definition) is 0. The second-order valence-corrected chi connectivity index (χ2v) is 3.65. The standard InChI is InChI=1S/C12H15NO3/c1-15-12-3-2-10(9-14)8-11(12)13-4-6-16-7-5-13/h2-3,8-9H,4-7H2,1H3. The molecule has 0 radical (unpaired) electrons. The molecule has 0 aromatic heterocycles. The van der Waals surface area contributed by atoms with E-state index >= 15 is 0 Å². The summed E-state index contributed by atoms with van der Waals surface area (Å²) in [5.41, 5.74) is 1.64. The molecule has 4 nitrogen and oxygen atoms in total. The van der Waals surface area contributed by atoms with Gasteiger partial charge in [-0.15, -0.1) is 0 Å². The van der Waals surface area contributed by atoms with Crippen molar-refractivity contribution in [3.8, 4) is 5.75 Å². The number of carbonyl (C=O) groups excluding carboxylic acids is 1. The number of anilines is 1. The SMILES string of the molecule is COc1ccc(C=O)cc1N1CCOCC1. The molecule has 0 atom stereocenters. The first-order chi connectivity index (χ1) is 7.85. The number of aldehydes is 1. The largest absolute Gasteiger partial charge is 0.495 e. The summed E-state index contributed by atoms with van der Waals surface area (Å²) in [6, 6.07) is 5.45. The lowest BCUT2D eigenvalue weighted by Gasteiger charge is -2.30. The summed E-state index contributed by atoms with van der Waals surface area (Å²) in [5.74, 6) is 0.799. The van der Waals surface area contributed by atoms with Crippen molar-refractivity contribution in [2.75, 3.05) is 38.3 Å². The van der Waals surface area contributed by atoms with E-state index in [0.29, 0.717) is 18.8 Å². The number of hydrogen-bond acceptors (Lipinski definition) is 4. The Hall–Kier alpha value is -1.55.